The van der Waals surface area contributed by atoms with Crippen LogP contribution in [0.15, 0.2) is 11.0 Å². The number of aromatic carboxylic acids is 1. The molecule has 0 aliphatic carbocycles. The maximum absolute atomic E-state index is 11.8. The van der Waals surface area contributed by atoms with Crippen LogP contribution in [0.3, 0.4) is 0 Å². The van der Waals surface area contributed by atoms with Crippen LogP contribution in [-0.2, 0) is 19.6 Å². The maximum atomic E-state index is 11.8. The Labute approximate surface area is 108 Å². The van der Waals surface area contributed by atoms with E-state index >= 15 is 0 Å². The fourth-order valence-corrected chi connectivity index (χ4v) is 3.39. The molecule has 2 N–H and O–H groups in total. The van der Waals surface area contributed by atoms with Gasteiger partial charge in [-0.25, -0.2) is 13.2 Å². The molecule has 1 heterocycles. The Morgan fingerprint density at radius 3 is 2.67 bits per heavy atom. The third-order valence-corrected chi connectivity index (χ3v) is 4.44. The van der Waals surface area contributed by atoms with E-state index in [-0.39, 0.29) is 23.0 Å². The molecule has 0 fully saturated rings. The number of ether oxygens (including phenoxy) is 1. The Morgan fingerprint density at radius 2 is 2.17 bits per heavy atom. The number of nitrogens with one attached hydrogen (secondary N) is 1. The summed E-state index contributed by atoms with van der Waals surface area (Å²) < 4.78 is 28.3. The Hall–Kier alpha value is -1.00. The summed E-state index contributed by atoms with van der Waals surface area (Å²) in [6, 6.07) is 1.10. The van der Waals surface area contributed by atoms with Crippen LogP contribution in [0.2, 0.25) is 0 Å². The first-order valence-electron chi connectivity index (χ1n) is 4.84. The van der Waals surface area contributed by atoms with Crippen molar-refractivity contribution in [3.8, 4) is 0 Å². The van der Waals surface area contributed by atoms with Crippen LogP contribution in [0.25, 0.3) is 0 Å². The van der Waals surface area contributed by atoms with Gasteiger partial charge < -0.3 is 9.84 Å². The van der Waals surface area contributed by atoms with Crippen molar-refractivity contribution in [1.82, 2.24) is 4.89 Å². The molecule has 0 unspecified atom stereocenters. The van der Waals surface area contributed by atoms with Gasteiger partial charge in [-0.3, -0.25) is 4.84 Å². The number of rotatable bonds is 7. The molecular weight excluding hydrogens is 282 g/mol. The van der Waals surface area contributed by atoms with Gasteiger partial charge in [0, 0.05) is 12.0 Å². The van der Waals surface area contributed by atoms with Gasteiger partial charge in [0.15, 0.2) is 0 Å². The fraction of sp³-hybridized carbons (Fsp3) is 0.444. The van der Waals surface area contributed by atoms with Gasteiger partial charge in [0.2, 0.25) is 0 Å². The Bertz CT molecular complexity index is 521. The summed E-state index contributed by atoms with van der Waals surface area (Å²) in [5.41, 5.74) is 0. The smallest absolute Gasteiger partial charge is 0.345 e. The largest absolute Gasteiger partial charge is 0.477 e. The monoisotopic (exact) mass is 295 g/mol. The highest BCUT2D eigenvalue weighted by Crippen LogP contribution is 2.25. The van der Waals surface area contributed by atoms with Crippen LogP contribution in [0.5, 0.6) is 0 Å². The molecule has 1 aromatic rings. The van der Waals surface area contributed by atoms with Crippen molar-refractivity contribution in [2.45, 2.75) is 11.8 Å². The van der Waals surface area contributed by atoms with Crippen LogP contribution >= 0.6 is 11.3 Å². The van der Waals surface area contributed by atoms with Crippen molar-refractivity contribution in [1.29, 1.82) is 0 Å². The fourth-order valence-electron chi connectivity index (χ4n) is 1.13. The zero-order valence-electron chi connectivity index (χ0n) is 9.80. The molecule has 0 radical (unpaired) electrons. The molecule has 0 amide bonds. The predicted octanol–water partition coefficient (Wildman–Crippen LogP) is 0.611. The normalized spacial score (nSPS) is 11.7. The number of methoxy groups -OCH3 is 1. The molecule has 0 aliphatic rings. The molecule has 102 valence electrons. The van der Waals surface area contributed by atoms with Crippen molar-refractivity contribution >= 4 is 27.3 Å². The van der Waals surface area contributed by atoms with Crippen molar-refractivity contribution in [2.75, 3.05) is 20.3 Å². The topological polar surface area (TPSA) is 102 Å². The lowest BCUT2D eigenvalue weighted by molar-refractivity contribution is 0.0438. The first-order chi connectivity index (χ1) is 8.38. The highest BCUT2D eigenvalue weighted by Gasteiger charge is 2.22. The lowest BCUT2D eigenvalue weighted by atomic mass is 10.4. The third kappa shape index (κ3) is 3.75. The summed E-state index contributed by atoms with van der Waals surface area (Å²) >= 11 is 0.894. The molecule has 0 spiro atoms. The second-order valence-electron chi connectivity index (χ2n) is 3.26. The molecule has 0 saturated carbocycles. The van der Waals surface area contributed by atoms with Crippen LogP contribution in [0.1, 0.15) is 14.5 Å². The predicted molar refractivity (Wildman–Crippen MR) is 64.2 cm³/mol. The van der Waals surface area contributed by atoms with Crippen LogP contribution in [0, 0.1) is 6.92 Å². The minimum atomic E-state index is -3.86. The molecule has 0 atom stereocenters. The van der Waals surface area contributed by atoms with Gasteiger partial charge >= 0.3 is 5.97 Å². The van der Waals surface area contributed by atoms with Crippen molar-refractivity contribution < 1.29 is 27.9 Å². The van der Waals surface area contributed by atoms with E-state index in [0.717, 1.165) is 17.4 Å². The molecular formula is C9H13NO6S2. The highest BCUT2D eigenvalue weighted by atomic mass is 32.2. The molecule has 0 saturated heterocycles. The molecule has 0 aliphatic heterocycles. The number of carbonyl (C=O) groups is 1. The summed E-state index contributed by atoms with van der Waals surface area (Å²) in [5.74, 6) is -1.16. The number of carboxylic acids is 1. The Morgan fingerprint density at radius 1 is 1.50 bits per heavy atom. The molecule has 0 bridgehead atoms. The van der Waals surface area contributed by atoms with Gasteiger partial charge in [0.25, 0.3) is 10.0 Å². The highest BCUT2D eigenvalue weighted by molar-refractivity contribution is 7.89. The summed E-state index contributed by atoms with van der Waals surface area (Å²) in [6.07, 6.45) is 0. The number of hydrogen-bond acceptors (Lipinski definition) is 6. The van der Waals surface area contributed by atoms with Crippen molar-refractivity contribution in [3.63, 3.8) is 0 Å². The number of hydrogen-bond donors (Lipinski definition) is 2. The van der Waals surface area contributed by atoms with Crippen molar-refractivity contribution in [2.24, 2.45) is 0 Å². The minimum absolute atomic E-state index is 0.0373. The quantitative estimate of drug-likeness (QED) is 0.564. The Kier molecular flexibility index (Phi) is 5.23. The number of aryl methyl sites for hydroxylation is 1. The second kappa shape index (κ2) is 6.25. The molecule has 1 rings (SSSR count). The molecule has 1 aromatic heterocycles. The SMILES string of the molecule is COCCONS(=O)(=O)c1cc(C(=O)O)sc1C. The minimum Gasteiger partial charge on any atom is -0.477 e. The number of sulfonamides is 1. The van der Waals surface area contributed by atoms with Gasteiger partial charge in [0.1, 0.15) is 4.88 Å². The van der Waals surface area contributed by atoms with Crippen LogP contribution in [-0.4, -0.2) is 39.8 Å². The van der Waals surface area contributed by atoms with E-state index in [0.29, 0.717) is 4.88 Å². The summed E-state index contributed by atoms with van der Waals surface area (Å²) in [7, 11) is -2.41. The van der Waals surface area contributed by atoms with E-state index in [1.165, 1.54) is 14.0 Å². The summed E-state index contributed by atoms with van der Waals surface area (Å²) in [6.45, 7) is 1.83. The van der Waals surface area contributed by atoms with Crippen LogP contribution < -0.4 is 4.89 Å². The van der Waals surface area contributed by atoms with E-state index < -0.39 is 16.0 Å². The van der Waals surface area contributed by atoms with Gasteiger partial charge in [0.05, 0.1) is 18.1 Å². The number of thiophene rings is 1. The van der Waals surface area contributed by atoms with E-state index in [1.807, 2.05) is 4.89 Å². The standard InChI is InChI=1S/C9H13NO6S2/c1-6-8(5-7(17-6)9(11)12)18(13,14)10-16-4-3-15-2/h5,10H,3-4H2,1-2H3,(H,11,12). The zero-order valence-corrected chi connectivity index (χ0v) is 11.4. The average molecular weight is 295 g/mol. The summed E-state index contributed by atoms with van der Waals surface area (Å²) in [4.78, 5) is 17.6. The van der Waals surface area contributed by atoms with Gasteiger partial charge in [-0.05, 0) is 13.0 Å². The van der Waals surface area contributed by atoms with Crippen molar-refractivity contribution in [3.05, 3.63) is 15.8 Å². The zero-order chi connectivity index (χ0) is 13.8. The van der Waals surface area contributed by atoms with E-state index in [2.05, 4.69) is 4.74 Å². The molecule has 7 nitrogen and oxygen atoms in total. The second-order valence-corrected chi connectivity index (χ2v) is 6.13. The molecule has 18 heavy (non-hydrogen) atoms. The van der Waals surface area contributed by atoms with Gasteiger partial charge in [-0.15, -0.1) is 11.3 Å². The van der Waals surface area contributed by atoms with Crippen LogP contribution in [0.4, 0.5) is 0 Å². The van der Waals surface area contributed by atoms with E-state index in [4.69, 9.17) is 9.94 Å². The molecule has 0 aromatic carbocycles. The summed E-state index contributed by atoms with van der Waals surface area (Å²) in [5, 5.41) is 8.78. The van der Waals surface area contributed by atoms with Gasteiger partial charge in [-0.1, -0.05) is 4.89 Å². The van der Waals surface area contributed by atoms with E-state index in [9.17, 15) is 13.2 Å². The molecule has 9 heteroatoms. The third-order valence-electron chi connectivity index (χ3n) is 1.93. The van der Waals surface area contributed by atoms with Gasteiger partial charge in [-0.2, -0.15) is 0 Å². The van der Waals surface area contributed by atoms with E-state index in [1.54, 1.807) is 0 Å². The number of carboxylic acid groups (broad SMARTS) is 1. The lowest BCUT2D eigenvalue weighted by Gasteiger charge is -2.05. The maximum Gasteiger partial charge on any atom is 0.345 e. The lowest BCUT2D eigenvalue weighted by Crippen LogP contribution is -2.25. The first-order valence-corrected chi connectivity index (χ1v) is 7.14. The average Bonchev–Trinajstić information content (AvgIpc) is 2.68. The first kappa shape index (κ1) is 15.1. The Balaban J connectivity index is 2.81.